The second-order valence-corrected chi connectivity index (χ2v) is 5.38. The zero-order chi connectivity index (χ0) is 10.3. The summed E-state index contributed by atoms with van der Waals surface area (Å²) in [6.45, 7) is 0. The van der Waals surface area contributed by atoms with Gasteiger partial charge in [0, 0.05) is 0 Å². The van der Waals surface area contributed by atoms with Crippen molar-refractivity contribution in [3.63, 3.8) is 0 Å². The summed E-state index contributed by atoms with van der Waals surface area (Å²) in [5, 5.41) is 7.72. The summed E-state index contributed by atoms with van der Waals surface area (Å²) in [6.07, 6.45) is 1.34. The van der Waals surface area contributed by atoms with Crippen molar-refractivity contribution in [1.82, 2.24) is 0 Å². The maximum atomic E-state index is 11.3. The smallest absolute Gasteiger partial charge is 0.309 e. The van der Waals surface area contributed by atoms with Gasteiger partial charge in [-0.25, -0.2) is 8.42 Å². The highest BCUT2D eigenvalue weighted by Gasteiger charge is 2.52. The van der Waals surface area contributed by atoms with Crippen LogP contribution < -0.4 is 0 Å². The van der Waals surface area contributed by atoms with E-state index in [1.807, 2.05) is 0 Å². The van der Waals surface area contributed by atoms with E-state index in [0.717, 1.165) is 0 Å². The van der Waals surface area contributed by atoms with Gasteiger partial charge in [0.25, 0.3) is 0 Å². The van der Waals surface area contributed by atoms with E-state index in [1.165, 1.54) is 12.3 Å². The van der Waals surface area contributed by atoms with Gasteiger partial charge in [0.1, 0.15) is 11.0 Å². The highest BCUT2D eigenvalue weighted by Crippen LogP contribution is 2.41. The molecule has 6 heteroatoms. The Labute approximate surface area is 80.3 Å². The number of sulfone groups is 1. The second kappa shape index (κ2) is 2.84. The van der Waals surface area contributed by atoms with Gasteiger partial charge in [0.15, 0.2) is 9.84 Å². The van der Waals surface area contributed by atoms with Crippen LogP contribution in [0.25, 0.3) is 0 Å². The Balaban J connectivity index is 2.36. The van der Waals surface area contributed by atoms with Crippen LogP contribution in [0.5, 0.6) is 0 Å². The van der Waals surface area contributed by atoms with Crippen LogP contribution in [0, 0.1) is 5.92 Å². The molecule has 0 saturated carbocycles. The zero-order valence-electron chi connectivity index (χ0n) is 7.08. The normalized spacial score (nSPS) is 29.4. The van der Waals surface area contributed by atoms with Crippen molar-refractivity contribution in [2.24, 2.45) is 5.92 Å². The lowest BCUT2D eigenvalue weighted by molar-refractivity contribution is -0.141. The molecule has 0 aromatic carbocycles. The largest absolute Gasteiger partial charge is 0.481 e. The highest BCUT2D eigenvalue weighted by atomic mass is 32.2. The zero-order valence-corrected chi connectivity index (χ0v) is 7.90. The van der Waals surface area contributed by atoms with Crippen molar-refractivity contribution in [3.8, 4) is 0 Å². The van der Waals surface area contributed by atoms with Gasteiger partial charge in [0.2, 0.25) is 0 Å². The fourth-order valence-corrected chi connectivity index (χ4v) is 3.48. The topological polar surface area (TPSA) is 84.6 Å². The number of carboxylic acids is 1. The molecule has 2 heterocycles. The number of aliphatic carboxylic acids is 1. The van der Waals surface area contributed by atoms with Gasteiger partial charge in [-0.2, -0.15) is 0 Å². The molecule has 1 aliphatic heterocycles. The van der Waals surface area contributed by atoms with Gasteiger partial charge in [0.05, 0.1) is 17.9 Å². The summed E-state index contributed by atoms with van der Waals surface area (Å²) in [5.41, 5.74) is 0. The third-order valence-electron chi connectivity index (χ3n) is 2.31. The van der Waals surface area contributed by atoms with Crippen LogP contribution in [0.2, 0.25) is 0 Å². The number of hydrogen-bond acceptors (Lipinski definition) is 4. The van der Waals surface area contributed by atoms with Crippen LogP contribution in [0.3, 0.4) is 0 Å². The molecule has 76 valence electrons. The molecule has 2 atom stereocenters. The SMILES string of the molecule is O=C(O)C1CS(=O)(=O)C1c1ccco1. The van der Waals surface area contributed by atoms with Crippen molar-refractivity contribution in [1.29, 1.82) is 0 Å². The van der Waals surface area contributed by atoms with Crippen molar-refractivity contribution in [3.05, 3.63) is 24.2 Å². The fourth-order valence-electron chi connectivity index (χ4n) is 1.60. The quantitative estimate of drug-likeness (QED) is 0.775. The number of rotatable bonds is 2. The van der Waals surface area contributed by atoms with Crippen molar-refractivity contribution in [2.75, 3.05) is 5.75 Å². The summed E-state index contributed by atoms with van der Waals surface area (Å²) in [6, 6.07) is 3.03. The lowest BCUT2D eigenvalue weighted by Crippen LogP contribution is -2.44. The van der Waals surface area contributed by atoms with E-state index in [4.69, 9.17) is 9.52 Å². The Kier molecular flexibility index (Phi) is 1.88. The van der Waals surface area contributed by atoms with Gasteiger partial charge < -0.3 is 9.52 Å². The number of carbonyl (C=O) groups is 1. The van der Waals surface area contributed by atoms with E-state index in [9.17, 15) is 13.2 Å². The Morgan fingerprint density at radius 1 is 1.57 bits per heavy atom. The molecule has 5 nitrogen and oxygen atoms in total. The van der Waals surface area contributed by atoms with Crippen molar-refractivity contribution in [2.45, 2.75) is 5.25 Å². The van der Waals surface area contributed by atoms with Gasteiger partial charge >= 0.3 is 5.97 Å². The highest BCUT2D eigenvalue weighted by molar-refractivity contribution is 7.93. The maximum Gasteiger partial charge on any atom is 0.309 e. The molecule has 2 unspecified atom stereocenters. The monoisotopic (exact) mass is 216 g/mol. The van der Waals surface area contributed by atoms with Crippen molar-refractivity contribution < 1.29 is 22.7 Å². The number of hydrogen-bond donors (Lipinski definition) is 1. The summed E-state index contributed by atoms with van der Waals surface area (Å²) < 4.78 is 27.5. The summed E-state index contributed by atoms with van der Waals surface area (Å²) >= 11 is 0. The number of carboxylic acid groups (broad SMARTS) is 1. The van der Waals surface area contributed by atoms with Crippen LogP contribution in [0.4, 0.5) is 0 Å². The minimum absolute atomic E-state index is 0.212. The molecule has 1 N–H and O–H groups in total. The first-order valence-electron chi connectivity index (χ1n) is 4.00. The summed E-state index contributed by atoms with van der Waals surface area (Å²) in [5.74, 6) is -2.05. The van der Waals surface area contributed by atoms with Crippen LogP contribution in [0.15, 0.2) is 22.8 Å². The predicted molar refractivity (Wildman–Crippen MR) is 46.4 cm³/mol. The van der Waals surface area contributed by atoms with E-state index < -0.39 is 27.0 Å². The fraction of sp³-hybridized carbons (Fsp3) is 0.375. The Hall–Kier alpha value is -1.30. The molecule has 2 rings (SSSR count). The molecule has 14 heavy (non-hydrogen) atoms. The molecule has 1 aromatic rings. The van der Waals surface area contributed by atoms with Gasteiger partial charge in [-0.15, -0.1) is 0 Å². The van der Waals surface area contributed by atoms with E-state index in [-0.39, 0.29) is 11.5 Å². The molecular formula is C8H8O5S. The average Bonchev–Trinajstić information content (AvgIpc) is 2.53. The molecule has 1 fully saturated rings. The Morgan fingerprint density at radius 3 is 2.71 bits per heavy atom. The minimum Gasteiger partial charge on any atom is -0.481 e. The van der Waals surface area contributed by atoms with E-state index in [0.29, 0.717) is 0 Å². The molecule has 0 radical (unpaired) electrons. The van der Waals surface area contributed by atoms with Crippen LogP contribution in [-0.2, 0) is 14.6 Å². The maximum absolute atomic E-state index is 11.3. The molecule has 0 bridgehead atoms. The van der Waals surface area contributed by atoms with Gasteiger partial charge in [-0.05, 0) is 12.1 Å². The van der Waals surface area contributed by atoms with E-state index in [1.54, 1.807) is 6.07 Å². The minimum atomic E-state index is -3.31. The first-order chi connectivity index (χ1) is 6.52. The standard InChI is InChI=1S/C8H8O5S/c9-8(10)5-4-14(11,12)7(5)6-2-1-3-13-6/h1-3,5,7H,4H2,(H,9,10). The Bertz CT molecular complexity index is 444. The Morgan fingerprint density at radius 2 is 2.29 bits per heavy atom. The first kappa shape index (κ1) is 9.26. The predicted octanol–water partition coefficient (Wildman–Crippen LogP) is 0.450. The van der Waals surface area contributed by atoms with Gasteiger partial charge in [-0.3, -0.25) is 4.79 Å². The lowest BCUT2D eigenvalue weighted by atomic mass is 10.0. The lowest BCUT2D eigenvalue weighted by Gasteiger charge is -2.31. The van der Waals surface area contributed by atoms with E-state index >= 15 is 0 Å². The first-order valence-corrected chi connectivity index (χ1v) is 5.71. The molecule has 0 spiro atoms. The molecule has 0 amide bonds. The van der Waals surface area contributed by atoms with Crippen molar-refractivity contribution >= 4 is 15.8 Å². The molecule has 1 saturated heterocycles. The van der Waals surface area contributed by atoms with E-state index in [2.05, 4.69) is 0 Å². The molecular weight excluding hydrogens is 208 g/mol. The summed E-state index contributed by atoms with van der Waals surface area (Å²) in [7, 11) is -3.31. The average molecular weight is 216 g/mol. The molecule has 0 aliphatic carbocycles. The second-order valence-electron chi connectivity index (χ2n) is 3.21. The summed E-state index contributed by atoms with van der Waals surface area (Å²) in [4.78, 5) is 10.7. The third kappa shape index (κ3) is 1.22. The van der Waals surface area contributed by atoms with Crippen LogP contribution in [0.1, 0.15) is 11.0 Å². The van der Waals surface area contributed by atoms with Crippen LogP contribution in [-0.4, -0.2) is 25.2 Å². The number of furan rings is 1. The molecule has 1 aliphatic rings. The van der Waals surface area contributed by atoms with Crippen LogP contribution >= 0.6 is 0 Å². The third-order valence-corrected chi connectivity index (χ3v) is 4.46. The van der Waals surface area contributed by atoms with Gasteiger partial charge in [-0.1, -0.05) is 0 Å². The molecule has 1 aromatic heterocycles.